The van der Waals surface area contributed by atoms with Crippen molar-refractivity contribution in [2.75, 3.05) is 0 Å². The van der Waals surface area contributed by atoms with E-state index in [1.54, 1.807) is 6.07 Å². The number of fused-ring (bicyclic) bond motifs is 2. The molecule has 1 aromatic carbocycles. The van der Waals surface area contributed by atoms with Crippen molar-refractivity contribution in [2.45, 2.75) is 23.0 Å². The van der Waals surface area contributed by atoms with E-state index in [0.29, 0.717) is 5.25 Å². The second-order valence-electron chi connectivity index (χ2n) is 4.54. The van der Waals surface area contributed by atoms with Gasteiger partial charge in [-0.3, -0.25) is 0 Å². The van der Waals surface area contributed by atoms with E-state index in [9.17, 15) is 0 Å². The topological polar surface area (TPSA) is 0 Å². The van der Waals surface area contributed by atoms with Crippen LogP contribution in [0.15, 0.2) is 35.2 Å². The fourth-order valence-electron chi connectivity index (χ4n) is 2.64. The highest BCUT2D eigenvalue weighted by atomic mass is 35.5. The lowest BCUT2D eigenvalue weighted by Crippen LogP contribution is -2.08. The standard InChI is InChI=1S/C13H12Cl2S/c14-10-5-11(15)7-12(6-10)16-13-4-8-1-2-9(13)3-8/h1-2,5-9,13H,3-4H2/t8-,9+,13+/m1/s1. The molecular formula is C13H12Cl2S. The van der Waals surface area contributed by atoms with Crippen molar-refractivity contribution >= 4 is 35.0 Å². The minimum Gasteiger partial charge on any atom is -0.122 e. The largest absolute Gasteiger partial charge is 0.122 e. The molecule has 0 spiro atoms. The van der Waals surface area contributed by atoms with E-state index in [1.165, 1.54) is 17.7 Å². The zero-order chi connectivity index (χ0) is 11.1. The Morgan fingerprint density at radius 3 is 2.31 bits per heavy atom. The van der Waals surface area contributed by atoms with Crippen molar-refractivity contribution in [1.29, 1.82) is 0 Å². The van der Waals surface area contributed by atoms with Crippen LogP contribution in [0.1, 0.15) is 12.8 Å². The highest BCUT2D eigenvalue weighted by Crippen LogP contribution is 2.47. The maximum atomic E-state index is 6.00. The molecule has 2 aliphatic rings. The Labute approximate surface area is 110 Å². The quantitative estimate of drug-likeness (QED) is 0.678. The van der Waals surface area contributed by atoms with Gasteiger partial charge in [0.1, 0.15) is 0 Å². The first-order valence-electron chi connectivity index (χ1n) is 5.52. The summed E-state index contributed by atoms with van der Waals surface area (Å²) in [5, 5.41) is 2.17. The minimum atomic E-state index is 0.713. The van der Waals surface area contributed by atoms with Gasteiger partial charge in [0.05, 0.1) is 0 Å². The van der Waals surface area contributed by atoms with Crippen molar-refractivity contribution in [2.24, 2.45) is 11.8 Å². The van der Waals surface area contributed by atoms with Crippen molar-refractivity contribution in [1.82, 2.24) is 0 Å². The molecule has 0 N–H and O–H groups in total. The first-order chi connectivity index (χ1) is 7.70. The van der Waals surface area contributed by atoms with E-state index in [1.807, 2.05) is 23.9 Å². The van der Waals surface area contributed by atoms with E-state index in [4.69, 9.17) is 23.2 Å². The van der Waals surface area contributed by atoms with Gasteiger partial charge in [-0.2, -0.15) is 0 Å². The Hall–Kier alpha value is -0.110. The number of thioether (sulfide) groups is 1. The second kappa shape index (κ2) is 4.29. The van der Waals surface area contributed by atoms with Crippen molar-refractivity contribution in [3.63, 3.8) is 0 Å². The number of benzene rings is 1. The van der Waals surface area contributed by atoms with Crippen LogP contribution >= 0.6 is 35.0 Å². The van der Waals surface area contributed by atoms with E-state index in [0.717, 1.165) is 21.9 Å². The Balaban J connectivity index is 1.77. The molecule has 0 aliphatic heterocycles. The summed E-state index contributed by atoms with van der Waals surface area (Å²) in [5.41, 5.74) is 0. The van der Waals surface area contributed by atoms with Gasteiger partial charge < -0.3 is 0 Å². The summed E-state index contributed by atoms with van der Waals surface area (Å²) >= 11 is 13.9. The third kappa shape index (κ3) is 2.13. The molecule has 0 radical (unpaired) electrons. The van der Waals surface area contributed by atoms with Gasteiger partial charge in [-0.05, 0) is 42.9 Å². The summed E-state index contributed by atoms with van der Waals surface area (Å²) in [6, 6.07) is 5.80. The van der Waals surface area contributed by atoms with Crippen molar-refractivity contribution < 1.29 is 0 Å². The molecule has 0 aromatic heterocycles. The van der Waals surface area contributed by atoms with Gasteiger partial charge in [0, 0.05) is 20.2 Å². The highest BCUT2D eigenvalue weighted by Gasteiger charge is 2.36. The van der Waals surface area contributed by atoms with E-state index in [-0.39, 0.29) is 0 Å². The molecule has 2 aliphatic carbocycles. The second-order valence-corrected chi connectivity index (χ2v) is 6.73. The lowest BCUT2D eigenvalue weighted by Gasteiger charge is -2.17. The van der Waals surface area contributed by atoms with Gasteiger partial charge >= 0.3 is 0 Å². The Bertz CT molecular complexity index is 421. The number of halogens is 2. The third-order valence-electron chi connectivity index (χ3n) is 3.34. The molecule has 1 saturated carbocycles. The van der Waals surface area contributed by atoms with Gasteiger partial charge in [-0.15, -0.1) is 11.8 Å². The zero-order valence-corrected chi connectivity index (χ0v) is 11.0. The van der Waals surface area contributed by atoms with E-state index < -0.39 is 0 Å². The number of rotatable bonds is 2. The Kier molecular flexibility index (Phi) is 2.95. The molecule has 1 fully saturated rings. The summed E-state index contributed by atoms with van der Waals surface area (Å²) in [6.07, 6.45) is 7.38. The molecule has 0 amide bonds. The molecule has 3 rings (SSSR count). The van der Waals surface area contributed by atoms with Crippen LogP contribution in [0.5, 0.6) is 0 Å². The Morgan fingerprint density at radius 1 is 1.00 bits per heavy atom. The normalized spacial score (nSPS) is 31.2. The predicted octanol–water partition coefficient (Wildman–Crippen LogP) is 5.05. The van der Waals surface area contributed by atoms with Gasteiger partial charge in [0.2, 0.25) is 0 Å². The maximum absolute atomic E-state index is 6.00. The molecule has 0 unspecified atom stereocenters. The summed E-state index contributed by atoms with van der Waals surface area (Å²) in [7, 11) is 0. The first-order valence-corrected chi connectivity index (χ1v) is 7.15. The van der Waals surface area contributed by atoms with Crippen LogP contribution in [0.25, 0.3) is 0 Å². The lowest BCUT2D eigenvalue weighted by molar-refractivity contribution is 0.692. The zero-order valence-electron chi connectivity index (χ0n) is 8.70. The third-order valence-corrected chi connectivity index (χ3v) is 5.13. The molecule has 16 heavy (non-hydrogen) atoms. The predicted molar refractivity (Wildman–Crippen MR) is 71.5 cm³/mol. The number of allylic oxidation sites excluding steroid dienone is 2. The average molecular weight is 271 g/mol. The molecule has 0 nitrogen and oxygen atoms in total. The van der Waals surface area contributed by atoms with E-state index in [2.05, 4.69) is 12.2 Å². The molecule has 0 saturated heterocycles. The number of hydrogen-bond acceptors (Lipinski definition) is 1. The SMILES string of the molecule is Clc1cc(Cl)cc(S[C@H]2C[C@@H]3C=C[C@H]2C3)c1. The van der Waals surface area contributed by atoms with Gasteiger partial charge in [0.25, 0.3) is 0 Å². The van der Waals surface area contributed by atoms with Crippen LogP contribution in [0.3, 0.4) is 0 Å². The monoisotopic (exact) mass is 270 g/mol. The summed E-state index contributed by atoms with van der Waals surface area (Å²) in [6.45, 7) is 0. The van der Waals surface area contributed by atoms with Crippen LogP contribution < -0.4 is 0 Å². The summed E-state index contributed by atoms with van der Waals surface area (Å²) in [4.78, 5) is 1.20. The minimum absolute atomic E-state index is 0.713. The molecule has 2 bridgehead atoms. The fraction of sp³-hybridized carbons (Fsp3) is 0.385. The Morgan fingerprint density at radius 2 is 1.75 bits per heavy atom. The summed E-state index contributed by atoms with van der Waals surface area (Å²) < 4.78 is 0. The van der Waals surface area contributed by atoms with Crippen molar-refractivity contribution in [3.8, 4) is 0 Å². The van der Waals surface area contributed by atoms with Crippen LogP contribution in [0, 0.1) is 11.8 Å². The van der Waals surface area contributed by atoms with Gasteiger partial charge in [-0.1, -0.05) is 35.4 Å². The fourth-order valence-corrected chi connectivity index (χ4v) is 4.75. The van der Waals surface area contributed by atoms with E-state index >= 15 is 0 Å². The highest BCUT2D eigenvalue weighted by molar-refractivity contribution is 8.00. The molecule has 84 valence electrons. The van der Waals surface area contributed by atoms with Crippen LogP contribution in [-0.2, 0) is 0 Å². The smallest absolute Gasteiger partial charge is 0.0431 e. The molecule has 1 aromatic rings. The maximum Gasteiger partial charge on any atom is 0.0431 e. The van der Waals surface area contributed by atoms with Crippen LogP contribution in [0.2, 0.25) is 10.0 Å². The van der Waals surface area contributed by atoms with Gasteiger partial charge in [0.15, 0.2) is 0 Å². The molecular weight excluding hydrogens is 259 g/mol. The molecule has 3 heteroatoms. The number of hydrogen-bond donors (Lipinski definition) is 0. The van der Waals surface area contributed by atoms with Crippen LogP contribution in [0.4, 0.5) is 0 Å². The van der Waals surface area contributed by atoms with Crippen molar-refractivity contribution in [3.05, 3.63) is 40.4 Å². The van der Waals surface area contributed by atoms with Crippen LogP contribution in [-0.4, -0.2) is 5.25 Å². The molecule has 3 atom stereocenters. The molecule has 0 heterocycles. The first kappa shape index (κ1) is 11.0. The summed E-state index contributed by atoms with van der Waals surface area (Å²) in [5.74, 6) is 1.57. The average Bonchev–Trinajstić information content (AvgIpc) is 2.77. The van der Waals surface area contributed by atoms with Gasteiger partial charge in [-0.25, -0.2) is 0 Å². The lowest BCUT2D eigenvalue weighted by atomic mass is 10.1.